The summed E-state index contributed by atoms with van der Waals surface area (Å²) in [5.41, 5.74) is 6.61. The van der Waals surface area contributed by atoms with Crippen LogP contribution in [0.5, 0.6) is 0 Å². The van der Waals surface area contributed by atoms with E-state index >= 15 is 0 Å². The van der Waals surface area contributed by atoms with Crippen molar-refractivity contribution in [3.8, 4) is 0 Å². The van der Waals surface area contributed by atoms with Crippen molar-refractivity contribution in [2.75, 3.05) is 44.8 Å². The highest BCUT2D eigenvalue weighted by Gasteiger charge is 2.14. The molecular formula is C13H22N4O2. The van der Waals surface area contributed by atoms with Crippen LogP contribution in [0, 0.1) is 0 Å². The Balaban J connectivity index is 2.64. The topological polar surface area (TPSA) is 80.5 Å². The highest BCUT2D eigenvalue weighted by molar-refractivity contribution is 5.97. The molecule has 3 N–H and O–H groups in total. The number of rotatable bonds is 7. The molecule has 1 aromatic heterocycles. The van der Waals surface area contributed by atoms with Crippen molar-refractivity contribution in [3.63, 3.8) is 0 Å². The lowest BCUT2D eigenvalue weighted by Crippen LogP contribution is -2.17. The summed E-state index contributed by atoms with van der Waals surface area (Å²) < 4.78 is 4.94. The minimum Gasteiger partial charge on any atom is -0.462 e. The van der Waals surface area contributed by atoms with Crippen LogP contribution in [-0.4, -0.2) is 49.6 Å². The third-order valence-electron chi connectivity index (χ3n) is 2.56. The molecule has 0 bridgehead atoms. The van der Waals surface area contributed by atoms with E-state index in [-0.39, 0.29) is 0 Å². The highest BCUT2D eigenvalue weighted by Crippen LogP contribution is 2.20. The molecule has 1 heterocycles. The minimum atomic E-state index is -0.418. The molecule has 0 aliphatic heterocycles. The second-order valence-corrected chi connectivity index (χ2v) is 4.42. The third-order valence-corrected chi connectivity index (χ3v) is 2.56. The van der Waals surface area contributed by atoms with E-state index in [1.165, 1.54) is 0 Å². The van der Waals surface area contributed by atoms with Crippen LogP contribution in [-0.2, 0) is 4.74 Å². The van der Waals surface area contributed by atoms with Gasteiger partial charge >= 0.3 is 5.97 Å². The van der Waals surface area contributed by atoms with Gasteiger partial charge < -0.3 is 20.7 Å². The normalized spacial score (nSPS) is 10.5. The summed E-state index contributed by atoms with van der Waals surface area (Å²) in [6, 6.07) is 1.57. The van der Waals surface area contributed by atoms with Crippen LogP contribution in [0.3, 0.4) is 0 Å². The number of carbonyl (C=O) groups excluding carboxylic acids is 1. The number of nitrogens with two attached hydrogens (primary N) is 1. The van der Waals surface area contributed by atoms with E-state index in [1.54, 1.807) is 19.2 Å². The van der Waals surface area contributed by atoms with Gasteiger partial charge in [0.05, 0.1) is 17.9 Å². The first-order valence-electron chi connectivity index (χ1n) is 6.36. The Morgan fingerprint density at radius 3 is 2.89 bits per heavy atom. The molecule has 19 heavy (non-hydrogen) atoms. The van der Waals surface area contributed by atoms with Crippen LogP contribution in [0.4, 0.5) is 11.5 Å². The summed E-state index contributed by atoms with van der Waals surface area (Å²) in [5.74, 6) is 0.114. The van der Waals surface area contributed by atoms with E-state index in [2.05, 4.69) is 15.2 Å². The van der Waals surface area contributed by atoms with Gasteiger partial charge in [0.2, 0.25) is 0 Å². The molecule has 0 amide bonds. The molecule has 0 unspecified atom stereocenters. The predicted octanol–water partition coefficient (Wildman–Crippen LogP) is 1.20. The van der Waals surface area contributed by atoms with Crippen LogP contribution in [0.25, 0.3) is 0 Å². The first-order valence-corrected chi connectivity index (χ1v) is 6.36. The van der Waals surface area contributed by atoms with Crippen molar-refractivity contribution in [3.05, 3.63) is 17.8 Å². The average Bonchev–Trinajstić information content (AvgIpc) is 2.36. The summed E-state index contributed by atoms with van der Waals surface area (Å²) in [5, 5.41) is 3.14. The minimum absolute atomic E-state index is 0.326. The van der Waals surface area contributed by atoms with Gasteiger partial charge in [-0.2, -0.15) is 0 Å². The van der Waals surface area contributed by atoms with Gasteiger partial charge in [-0.05, 0) is 40.1 Å². The van der Waals surface area contributed by atoms with Gasteiger partial charge in [0.15, 0.2) is 0 Å². The van der Waals surface area contributed by atoms with Gasteiger partial charge in [0, 0.05) is 12.7 Å². The van der Waals surface area contributed by atoms with Crippen molar-refractivity contribution in [1.29, 1.82) is 0 Å². The average molecular weight is 266 g/mol. The molecule has 106 valence electrons. The fraction of sp³-hybridized carbons (Fsp3) is 0.538. The zero-order valence-corrected chi connectivity index (χ0v) is 11.8. The smallest absolute Gasteiger partial charge is 0.340 e. The summed E-state index contributed by atoms with van der Waals surface area (Å²) in [7, 11) is 4.04. The lowest BCUT2D eigenvalue weighted by atomic mass is 10.2. The van der Waals surface area contributed by atoms with Gasteiger partial charge in [-0.25, -0.2) is 9.78 Å². The van der Waals surface area contributed by atoms with E-state index in [0.717, 1.165) is 19.5 Å². The van der Waals surface area contributed by atoms with Gasteiger partial charge in [-0.15, -0.1) is 0 Å². The molecule has 0 atom stereocenters. The van der Waals surface area contributed by atoms with Gasteiger partial charge in [0.25, 0.3) is 0 Å². The predicted molar refractivity (Wildman–Crippen MR) is 76.3 cm³/mol. The Morgan fingerprint density at radius 2 is 2.26 bits per heavy atom. The lowest BCUT2D eigenvalue weighted by Gasteiger charge is -2.12. The third kappa shape index (κ3) is 4.75. The highest BCUT2D eigenvalue weighted by atomic mass is 16.5. The zero-order chi connectivity index (χ0) is 14.3. The Morgan fingerprint density at radius 1 is 1.53 bits per heavy atom. The number of aromatic nitrogens is 1. The SMILES string of the molecule is CCOC(=O)c1ccnc(NCCCN(C)C)c1N. The van der Waals surface area contributed by atoms with Gasteiger partial charge in [0.1, 0.15) is 5.82 Å². The lowest BCUT2D eigenvalue weighted by molar-refractivity contribution is 0.0527. The molecule has 0 saturated heterocycles. The molecule has 6 heteroatoms. The maximum atomic E-state index is 11.7. The second kappa shape index (κ2) is 7.58. The number of esters is 1. The molecule has 0 radical (unpaired) electrons. The van der Waals surface area contributed by atoms with Gasteiger partial charge in [-0.1, -0.05) is 0 Å². The van der Waals surface area contributed by atoms with Crippen molar-refractivity contribution in [2.24, 2.45) is 0 Å². The largest absolute Gasteiger partial charge is 0.462 e. The molecule has 0 fully saturated rings. The number of hydrogen-bond donors (Lipinski definition) is 2. The molecule has 1 rings (SSSR count). The number of carbonyl (C=O) groups is 1. The van der Waals surface area contributed by atoms with Crippen LogP contribution in [0.2, 0.25) is 0 Å². The van der Waals surface area contributed by atoms with E-state index in [9.17, 15) is 4.79 Å². The molecular weight excluding hydrogens is 244 g/mol. The number of nitrogens with zero attached hydrogens (tertiary/aromatic N) is 2. The van der Waals surface area contributed by atoms with Crippen LogP contribution in [0.1, 0.15) is 23.7 Å². The fourth-order valence-electron chi connectivity index (χ4n) is 1.60. The van der Waals surface area contributed by atoms with Crippen molar-refractivity contribution in [2.45, 2.75) is 13.3 Å². The standard InChI is InChI=1S/C13H22N4O2/c1-4-19-13(18)10-6-8-16-12(11(10)14)15-7-5-9-17(2)3/h6,8H,4-5,7,9,14H2,1-3H3,(H,15,16). The number of nitrogen functional groups attached to an aromatic ring is 1. The quantitative estimate of drug-likeness (QED) is 0.570. The van der Waals surface area contributed by atoms with E-state index < -0.39 is 5.97 Å². The number of hydrogen-bond acceptors (Lipinski definition) is 6. The zero-order valence-electron chi connectivity index (χ0n) is 11.8. The number of nitrogens with one attached hydrogen (secondary N) is 1. The summed E-state index contributed by atoms with van der Waals surface area (Å²) in [4.78, 5) is 17.9. The molecule has 0 aromatic carbocycles. The molecule has 0 aliphatic carbocycles. The fourth-order valence-corrected chi connectivity index (χ4v) is 1.60. The van der Waals surface area contributed by atoms with Gasteiger partial charge in [-0.3, -0.25) is 0 Å². The second-order valence-electron chi connectivity index (χ2n) is 4.42. The molecule has 0 aliphatic rings. The summed E-state index contributed by atoms with van der Waals surface area (Å²) in [6.45, 7) is 3.81. The van der Waals surface area contributed by atoms with E-state index in [4.69, 9.17) is 10.5 Å². The van der Waals surface area contributed by atoms with Crippen molar-refractivity contribution < 1.29 is 9.53 Å². The Bertz CT molecular complexity index is 421. The summed E-state index contributed by atoms with van der Waals surface area (Å²) in [6.07, 6.45) is 2.52. The monoisotopic (exact) mass is 266 g/mol. The molecule has 0 spiro atoms. The number of ether oxygens (including phenoxy) is 1. The Hall–Kier alpha value is -1.82. The molecule has 1 aromatic rings. The maximum absolute atomic E-state index is 11.7. The molecule has 6 nitrogen and oxygen atoms in total. The summed E-state index contributed by atoms with van der Waals surface area (Å²) >= 11 is 0. The molecule has 0 saturated carbocycles. The Kier molecular flexibility index (Phi) is 6.08. The first kappa shape index (κ1) is 15.2. The van der Waals surface area contributed by atoms with Crippen LogP contribution in [0.15, 0.2) is 12.3 Å². The van der Waals surface area contributed by atoms with Crippen LogP contribution < -0.4 is 11.1 Å². The Labute approximate surface area is 113 Å². The maximum Gasteiger partial charge on any atom is 0.340 e. The van der Waals surface area contributed by atoms with Crippen molar-refractivity contribution >= 4 is 17.5 Å². The first-order chi connectivity index (χ1) is 9.06. The van der Waals surface area contributed by atoms with E-state index in [1.807, 2.05) is 14.1 Å². The number of pyridine rings is 1. The van der Waals surface area contributed by atoms with E-state index in [0.29, 0.717) is 23.7 Å². The van der Waals surface area contributed by atoms with Crippen LogP contribution >= 0.6 is 0 Å². The van der Waals surface area contributed by atoms with Crippen molar-refractivity contribution in [1.82, 2.24) is 9.88 Å². The number of anilines is 2.